The van der Waals surface area contributed by atoms with Crippen molar-refractivity contribution in [1.82, 2.24) is 14.9 Å². The van der Waals surface area contributed by atoms with Crippen molar-refractivity contribution in [1.29, 1.82) is 0 Å². The zero-order valence-electron chi connectivity index (χ0n) is 15.3. The Labute approximate surface area is 155 Å². The van der Waals surface area contributed by atoms with Crippen LogP contribution in [0.25, 0.3) is 21.8 Å². The van der Waals surface area contributed by atoms with Gasteiger partial charge in [0.05, 0.1) is 35.6 Å². The Bertz CT molecular complexity index is 964. The van der Waals surface area contributed by atoms with E-state index in [0.29, 0.717) is 24.7 Å². The number of hydrogen-bond donors (Lipinski definition) is 0. The number of furan rings is 1. The molecule has 1 amide bonds. The first-order valence-electron chi connectivity index (χ1n) is 8.70. The van der Waals surface area contributed by atoms with Crippen LogP contribution in [0.5, 0.6) is 0 Å². The number of carbonyl (C=O) groups excluding carboxylic acids is 1. The molecule has 4 rings (SSSR count). The number of nitrogens with zero attached hydrogens (tertiary/aromatic N) is 3. The van der Waals surface area contributed by atoms with Gasteiger partial charge in [0.25, 0.3) is 5.91 Å². The van der Waals surface area contributed by atoms with Gasteiger partial charge in [-0.05, 0) is 45.4 Å². The summed E-state index contributed by atoms with van der Waals surface area (Å²) in [6.45, 7) is 9.11. The summed E-state index contributed by atoms with van der Waals surface area (Å²) in [5.41, 5.74) is 1.81. The Hall–Kier alpha value is -2.25. The number of morpholine rings is 1. The van der Waals surface area contributed by atoms with Crippen LogP contribution < -0.4 is 0 Å². The van der Waals surface area contributed by atoms with E-state index in [2.05, 4.69) is 9.97 Å². The van der Waals surface area contributed by atoms with E-state index in [1.54, 1.807) is 6.26 Å². The maximum absolute atomic E-state index is 13.2. The van der Waals surface area contributed by atoms with E-state index in [4.69, 9.17) is 9.15 Å². The Kier molecular flexibility index (Phi) is 4.28. The molecule has 1 aliphatic heterocycles. The van der Waals surface area contributed by atoms with Crippen molar-refractivity contribution < 1.29 is 13.9 Å². The number of fused-ring (bicyclic) bond motifs is 1. The molecule has 0 aromatic carbocycles. The van der Waals surface area contributed by atoms with Gasteiger partial charge in [0.2, 0.25) is 0 Å². The minimum atomic E-state index is 0.0482. The lowest BCUT2D eigenvalue weighted by atomic mass is 10.1. The first-order chi connectivity index (χ1) is 12.5. The number of amides is 1. The maximum Gasteiger partial charge on any atom is 0.264 e. The summed E-state index contributed by atoms with van der Waals surface area (Å²) in [6.07, 6.45) is 1.66. The number of aryl methyl sites for hydroxylation is 2. The van der Waals surface area contributed by atoms with E-state index in [1.807, 2.05) is 44.7 Å². The van der Waals surface area contributed by atoms with E-state index in [0.717, 1.165) is 26.4 Å². The van der Waals surface area contributed by atoms with Gasteiger partial charge in [-0.15, -0.1) is 11.3 Å². The van der Waals surface area contributed by atoms with Crippen molar-refractivity contribution in [3.05, 3.63) is 34.5 Å². The molecule has 0 spiro atoms. The second-order valence-corrected chi connectivity index (χ2v) is 7.80. The number of carbonyl (C=O) groups is 1. The summed E-state index contributed by atoms with van der Waals surface area (Å²) >= 11 is 1.43. The van der Waals surface area contributed by atoms with E-state index in [9.17, 15) is 4.79 Å². The third-order valence-electron chi connectivity index (χ3n) is 4.78. The fourth-order valence-corrected chi connectivity index (χ4v) is 4.56. The Morgan fingerprint density at radius 3 is 2.85 bits per heavy atom. The molecule has 2 unspecified atom stereocenters. The molecule has 3 aromatic heterocycles. The highest BCUT2D eigenvalue weighted by molar-refractivity contribution is 7.20. The lowest BCUT2D eigenvalue weighted by molar-refractivity contribution is -0.0385. The van der Waals surface area contributed by atoms with Gasteiger partial charge < -0.3 is 14.1 Å². The molecule has 136 valence electrons. The molecular weight excluding hydrogens is 350 g/mol. The minimum absolute atomic E-state index is 0.0482. The molecule has 1 saturated heterocycles. The van der Waals surface area contributed by atoms with Crippen molar-refractivity contribution >= 4 is 27.5 Å². The second-order valence-electron chi connectivity index (χ2n) is 6.80. The zero-order valence-corrected chi connectivity index (χ0v) is 16.1. The van der Waals surface area contributed by atoms with Gasteiger partial charge in [-0.2, -0.15) is 0 Å². The number of thiophene rings is 1. The van der Waals surface area contributed by atoms with Crippen LogP contribution in [0.2, 0.25) is 0 Å². The molecule has 0 bridgehead atoms. The molecule has 1 fully saturated rings. The lowest BCUT2D eigenvalue weighted by Crippen LogP contribution is -2.50. The minimum Gasteiger partial charge on any atom is -0.461 e. The Balaban J connectivity index is 1.77. The fourth-order valence-electron chi connectivity index (χ4n) is 3.38. The van der Waals surface area contributed by atoms with Gasteiger partial charge in [0.1, 0.15) is 4.83 Å². The molecule has 4 heterocycles. The predicted octanol–water partition coefficient (Wildman–Crippen LogP) is 3.82. The Morgan fingerprint density at radius 2 is 2.12 bits per heavy atom. The first-order valence-corrected chi connectivity index (χ1v) is 9.51. The molecule has 3 aromatic rings. The highest BCUT2D eigenvalue weighted by atomic mass is 32.1. The van der Waals surface area contributed by atoms with E-state index in [-0.39, 0.29) is 18.1 Å². The molecule has 7 heteroatoms. The van der Waals surface area contributed by atoms with Crippen molar-refractivity contribution in [2.75, 3.05) is 13.2 Å². The normalized spacial score (nSPS) is 20.7. The quantitative estimate of drug-likeness (QED) is 0.685. The summed E-state index contributed by atoms with van der Waals surface area (Å²) < 4.78 is 11.1. The topological polar surface area (TPSA) is 68.5 Å². The van der Waals surface area contributed by atoms with Gasteiger partial charge in [-0.25, -0.2) is 9.97 Å². The summed E-state index contributed by atoms with van der Waals surface area (Å²) in [6, 6.07) is 3.71. The third-order valence-corrected chi connectivity index (χ3v) is 5.95. The van der Waals surface area contributed by atoms with Crippen LogP contribution in [0.1, 0.15) is 34.8 Å². The molecule has 0 aliphatic carbocycles. The molecule has 26 heavy (non-hydrogen) atoms. The third kappa shape index (κ3) is 2.81. The zero-order chi connectivity index (χ0) is 18.4. The number of aromatic nitrogens is 2. The average Bonchev–Trinajstić information content (AvgIpc) is 3.25. The van der Waals surface area contributed by atoms with Crippen molar-refractivity contribution in [2.45, 2.75) is 39.8 Å². The SMILES string of the molecule is Cc1nc(-c2ccco2)nc2sc(C(=O)N3CC(C)OCC3C)c(C)c12. The molecule has 0 N–H and O–H groups in total. The highest BCUT2D eigenvalue weighted by Crippen LogP contribution is 2.34. The molecule has 0 saturated carbocycles. The largest absolute Gasteiger partial charge is 0.461 e. The van der Waals surface area contributed by atoms with E-state index >= 15 is 0 Å². The molecule has 0 radical (unpaired) electrons. The van der Waals surface area contributed by atoms with Crippen LogP contribution in [0.4, 0.5) is 0 Å². The van der Waals surface area contributed by atoms with Gasteiger partial charge in [-0.1, -0.05) is 0 Å². The smallest absolute Gasteiger partial charge is 0.264 e. The monoisotopic (exact) mass is 371 g/mol. The van der Waals surface area contributed by atoms with Crippen LogP contribution in [0.15, 0.2) is 22.8 Å². The molecule has 1 aliphatic rings. The number of hydrogen-bond acceptors (Lipinski definition) is 6. The number of rotatable bonds is 2. The summed E-state index contributed by atoms with van der Waals surface area (Å²) in [4.78, 5) is 25.9. The van der Waals surface area contributed by atoms with E-state index < -0.39 is 0 Å². The van der Waals surface area contributed by atoms with E-state index in [1.165, 1.54) is 11.3 Å². The van der Waals surface area contributed by atoms with Crippen LogP contribution in [-0.2, 0) is 4.74 Å². The molecule has 6 nitrogen and oxygen atoms in total. The van der Waals surface area contributed by atoms with Crippen molar-refractivity contribution in [3.8, 4) is 11.6 Å². The van der Waals surface area contributed by atoms with Crippen LogP contribution >= 0.6 is 11.3 Å². The maximum atomic E-state index is 13.2. The van der Waals surface area contributed by atoms with Gasteiger partial charge in [0, 0.05) is 11.9 Å². The summed E-state index contributed by atoms with van der Waals surface area (Å²) in [7, 11) is 0. The van der Waals surface area contributed by atoms with Crippen molar-refractivity contribution in [2.24, 2.45) is 0 Å². The second kappa shape index (κ2) is 6.48. The molecular formula is C19H21N3O3S. The fraction of sp³-hybridized carbons (Fsp3) is 0.421. The predicted molar refractivity (Wildman–Crippen MR) is 101 cm³/mol. The van der Waals surface area contributed by atoms with Crippen LogP contribution in [0.3, 0.4) is 0 Å². The standard InChI is InChI=1S/C19H21N3O3S/c1-10-9-25-11(2)8-22(10)19(23)16-12(3)15-13(4)20-17(21-18(15)26-16)14-6-5-7-24-14/h5-7,10-11H,8-9H2,1-4H3. The lowest BCUT2D eigenvalue weighted by Gasteiger charge is -2.36. The Morgan fingerprint density at radius 1 is 1.31 bits per heavy atom. The van der Waals surface area contributed by atoms with Crippen LogP contribution in [-0.4, -0.2) is 46.1 Å². The van der Waals surface area contributed by atoms with Crippen LogP contribution in [0, 0.1) is 13.8 Å². The van der Waals surface area contributed by atoms with Gasteiger partial charge >= 0.3 is 0 Å². The highest BCUT2D eigenvalue weighted by Gasteiger charge is 2.31. The summed E-state index contributed by atoms with van der Waals surface area (Å²) in [5.74, 6) is 1.23. The van der Waals surface area contributed by atoms with Gasteiger partial charge in [0.15, 0.2) is 11.6 Å². The number of ether oxygens (including phenoxy) is 1. The first kappa shape index (κ1) is 17.2. The van der Waals surface area contributed by atoms with Crippen molar-refractivity contribution in [3.63, 3.8) is 0 Å². The molecule has 2 atom stereocenters. The van der Waals surface area contributed by atoms with Gasteiger partial charge in [-0.3, -0.25) is 4.79 Å². The summed E-state index contributed by atoms with van der Waals surface area (Å²) in [5, 5.41) is 0.961. The average molecular weight is 371 g/mol.